The number of aromatic amines is 1. The lowest BCUT2D eigenvalue weighted by molar-refractivity contribution is -0.143. The van der Waals surface area contributed by atoms with E-state index in [0.717, 1.165) is 30.2 Å². The number of likely N-dealkylation sites (N-methyl/N-ethyl adjacent to an activating group) is 1. The third kappa shape index (κ3) is 3.30. The van der Waals surface area contributed by atoms with Gasteiger partial charge in [0.25, 0.3) is 5.91 Å². The maximum atomic E-state index is 12.7. The van der Waals surface area contributed by atoms with Gasteiger partial charge in [0.15, 0.2) is 6.10 Å². The Morgan fingerprint density at radius 3 is 2.62 bits per heavy atom. The molecule has 26 heavy (non-hydrogen) atoms. The molecule has 1 atom stereocenters. The van der Waals surface area contributed by atoms with Gasteiger partial charge in [-0.2, -0.15) is 5.26 Å². The molecule has 1 heterocycles. The van der Waals surface area contributed by atoms with Crippen LogP contribution in [-0.4, -0.2) is 40.5 Å². The average Bonchev–Trinajstić information content (AvgIpc) is 3.11. The van der Waals surface area contributed by atoms with E-state index in [9.17, 15) is 14.9 Å². The SMILES string of the molecule is C[C@@H](OC(=O)c1cc2ccccc2[nH]1)C(=O)N(C)C1(C#N)CCCCC1. The van der Waals surface area contributed by atoms with E-state index in [0.29, 0.717) is 18.5 Å². The first kappa shape index (κ1) is 18.0. The van der Waals surface area contributed by atoms with Gasteiger partial charge in [-0.05, 0) is 31.9 Å². The number of carbonyl (C=O) groups excluding carboxylic acids is 2. The average molecular weight is 353 g/mol. The molecule has 1 saturated carbocycles. The summed E-state index contributed by atoms with van der Waals surface area (Å²) >= 11 is 0. The van der Waals surface area contributed by atoms with Crippen molar-refractivity contribution in [3.8, 4) is 6.07 Å². The van der Waals surface area contributed by atoms with Gasteiger partial charge in [-0.3, -0.25) is 4.79 Å². The lowest BCUT2D eigenvalue weighted by Crippen LogP contribution is -2.53. The first-order chi connectivity index (χ1) is 12.5. The molecule has 6 heteroatoms. The van der Waals surface area contributed by atoms with Crippen molar-refractivity contribution in [1.82, 2.24) is 9.88 Å². The first-order valence-electron chi connectivity index (χ1n) is 8.94. The highest BCUT2D eigenvalue weighted by molar-refractivity contribution is 5.96. The van der Waals surface area contributed by atoms with Gasteiger partial charge in [-0.1, -0.05) is 37.5 Å². The number of ether oxygens (including phenoxy) is 1. The highest BCUT2D eigenvalue weighted by Gasteiger charge is 2.40. The zero-order chi connectivity index (χ0) is 18.7. The lowest BCUT2D eigenvalue weighted by atomic mass is 9.81. The van der Waals surface area contributed by atoms with Crippen molar-refractivity contribution in [2.24, 2.45) is 0 Å². The molecule has 1 N–H and O–H groups in total. The molecule has 1 fully saturated rings. The number of nitrogens with zero attached hydrogens (tertiary/aromatic N) is 2. The van der Waals surface area contributed by atoms with E-state index < -0.39 is 17.6 Å². The normalized spacial score (nSPS) is 17.3. The van der Waals surface area contributed by atoms with Crippen LogP contribution in [-0.2, 0) is 9.53 Å². The molecule has 2 aromatic rings. The summed E-state index contributed by atoms with van der Waals surface area (Å²) in [6.07, 6.45) is 3.30. The van der Waals surface area contributed by atoms with Crippen LogP contribution in [0.15, 0.2) is 30.3 Å². The zero-order valence-electron chi connectivity index (χ0n) is 15.1. The van der Waals surface area contributed by atoms with Crippen molar-refractivity contribution in [1.29, 1.82) is 5.26 Å². The Balaban J connectivity index is 1.70. The topological polar surface area (TPSA) is 86.2 Å². The molecular weight excluding hydrogens is 330 g/mol. The maximum Gasteiger partial charge on any atom is 0.355 e. The summed E-state index contributed by atoms with van der Waals surface area (Å²) in [5.74, 6) is -0.928. The van der Waals surface area contributed by atoms with Crippen molar-refractivity contribution in [2.75, 3.05) is 7.05 Å². The molecule has 0 unspecified atom stereocenters. The summed E-state index contributed by atoms with van der Waals surface area (Å²) in [5.41, 5.74) is 0.347. The largest absolute Gasteiger partial charge is 0.448 e. The van der Waals surface area contributed by atoms with Crippen LogP contribution in [0.2, 0.25) is 0 Å². The number of nitriles is 1. The number of hydrogen-bond donors (Lipinski definition) is 1. The van der Waals surface area contributed by atoms with Crippen LogP contribution < -0.4 is 0 Å². The monoisotopic (exact) mass is 353 g/mol. The van der Waals surface area contributed by atoms with Crippen molar-refractivity contribution >= 4 is 22.8 Å². The highest BCUT2D eigenvalue weighted by atomic mass is 16.5. The van der Waals surface area contributed by atoms with E-state index in [4.69, 9.17) is 4.74 Å². The fourth-order valence-electron chi connectivity index (χ4n) is 3.60. The molecule has 1 aliphatic carbocycles. The predicted octanol–water partition coefficient (Wildman–Crippen LogP) is 3.40. The van der Waals surface area contributed by atoms with E-state index in [1.54, 1.807) is 20.0 Å². The second-order valence-electron chi connectivity index (χ2n) is 6.92. The number of esters is 1. The standard InChI is InChI=1S/C20H23N3O3/c1-14(18(24)23(2)20(13-21)10-6-3-7-11-20)26-19(25)17-12-15-8-4-5-9-16(15)22-17/h4-5,8-9,12,14,22H,3,6-7,10-11H2,1-2H3/t14-/m1/s1. The second-order valence-corrected chi connectivity index (χ2v) is 6.92. The van der Waals surface area contributed by atoms with Gasteiger partial charge >= 0.3 is 5.97 Å². The molecule has 1 aromatic carbocycles. The Kier molecular flexibility index (Phi) is 4.99. The van der Waals surface area contributed by atoms with Crippen molar-refractivity contribution in [2.45, 2.75) is 50.7 Å². The molecule has 0 radical (unpaired) electrons. The number of carbonyl (C=O) groups is 2. The van der Waals surface area contributed by atoms with E-state index in [1.165, 1.54) is 4.90 Å². The highest BCUT2D eigenvalue weighted by Crippen LogP contribution is 2.33. The summed E-state index contributed by atoms with van der Waals surface area (Å²) in [5, 5.41) is 10.5. The van der Waals surface area contributed by atoms with Crippen molar-refractivity contribution in [3.63, 3.8) is 0 Å². The smallest absolute Gasteiger partial charge is 0.355 e. The Hall–Kier alpha value is -2.81. The number of benzene rings is 1. The quantitative estimate of drug-likeness (QED) is 0.854. The minimum Gasteiger partial charge on any atom is -0.448 e. The van der Waals surface area contributed by atoms with Crippen LogP contribution >= 0.6 is 0 Å². The Labute approximate surface area is 152 Å². The molecule has 0 spiro atoms. The molecule has 0 aliphatic heterocycles. The Morgan fingerprint density at radius 2 is 1.96 bits per heavy atom. The number of H-pyrrole nitrogens is 1. The van der Waals surface area contributed by atoms with E-state index in [-0.39, 0.29) is 5.91 Å². The van der Waals surface area contributed by atoms with Gasteiger partial charge in [0.2, 0.25) is 0 Å². The summed E-state index contributed by atoms with van der Waals surface area (Å²) < 4.78 is 5.36. The summed E-state index contributed by atoms with van der Waals surface area (Å²) in [6.45, 7) is 1.55. The van der Waals surface area contributed by atoms with Gasteiger partial charge < -0.3 is 14.6 Å². The molecule has 6 nitrogen and oxygen atoms in total. The van der Waals surface area contributed by atoms with Crippen LogP contribution in [0.1, 0.15) is 49.5 Å². The third-order valence-electron chi connectivity index (χ3n) is 5.24. The molecular formula is C20H23N3O3. The van der Waals surface area contributed by atoms with Crippen molar-refractivity contribution < 1.29 is 14.3 Å². The fraction of sp³-hybridized carbons (Fsp3) is 0.450. The Bertz CT molecular complexity index is 826. The van der Waals surface area contributed by atoms with E-state index in [1.807, 2.05) is 24.3 Å². The van der Waals surface area contributed by atoms with Crippen LogP contribution in [0.4, 0.5) is 0 Å². The van der Waals surface area contributed by atoms with Gasteiger partial charge in [0.05, 0.1) is 6.07 Å². The minimum atomic E-state index is -0.953. The molecule has 1 amide bonds. The van der Waals surface area contributed by atoms with Gasteiger partial charge in [-0.25, -0.2) is 4.79 Å². The molecule has 3 rings (SSSR count). The summed E-state index contributed by atoms with van der Waals surface area (Å²) in [4.78, 5) is 29.6. The number of nitrogens with one attached hydrogen (secondary N) is 1. The van der Waals surface area contributed by atoms with E-state index in [2.05, 4.69) is 11.1 Å². The Morgan fingerprint density at radius 1 is 1.27 bits per heavy atom. The fourth-order valence-corrected chi connectivity index (χ4v) is 3.60. The number of hydrogen-bond acceptors (Lipinski definition) is 4. The molecule has 0 saturated heterocycles. The van der Waals surface area contributed by atoms with E-state index >= 15 is 0 Å². The van der Waals surface area contributed by atoms with Crippen molar-refractivity contribution in [3.05, 3.63) is 36.0 Å². The minimum absolute atomic E-state index is 0.307. The molecule has 1 aliphatic rings. The number of aromatic nitrogens is 1. The molecule has 136 valence electrons. The number of para-hydroxylation sites is 1. The van der Waals surface area contributed by atoms with Crippen LogP contribution in [0.5, 0.6) is 0 Å². The second kappa shape index (κ2) is 7.20. The number of amides is 1. The first-order valence-corrected chi connectivity index (χ1v) is 8.94. The van der Waals surface area contributed by atoms with Crippen LogP contribution in [0.3, 0.4) is 0 Å². The lowest BCUT2D eigenvalue weighted by Gasteiger charge is -2.39. The summed E-state index contributed by atoms with van der Waals surface area (Å²) in [7, 11) is 1.63. The zero-order valence-corrected chi connectivity index (χ0v) is 15.1. The molecule has 0 bridgehead atoms. The maximum absolute atomic E-state index is 12.7. The van der Waals surface area contributed by atoms with Crippen LogP contribution in [0, 0.1) is 11.3 Å². The van der Waals surface area contributed by atoms with Gasteiger partial charge in [-0.15, -0.1) is 0 Å². The summed E-state index contributed by atoms with van der Waals surface area (Å²) in [6, 6.07) is 11.5. The predicted molar refractivity (Wildman–Crippen MR) is 97.4 cm³/mol. The number of fused-ring (bicyclic) bond motifs is 1. The van der Waals surface area contributed by atoms with Crippen LogP contribution in [0.25, 0.3) is 10.9 Å². The van der Waals surface area contributed by atoms with Gasteiger partial charge in [0, 0.05) is 18.0 Å². The number of rotatable bonds is 4. The molecule has 1 aromatic heterocycles. The van der Waals surface area contributed by atoms with Gasteiger partial charge in [0.1, 0.15) is 11.2 Å². The third-order valence-corrected chi connectivity index (χ3v) is 5.24.